The fourth-order valence-electron chi connectivity index (χ4n) is 2.85. The van der Waals surface area contributed by atoms with Crippen LogP contribution in [0.3, 0.4) is 0 Å². The topological polar surface area (TPSA) is 73.0 Å². The van der Waals surface area contributed by atoms with Gasteiger partial charge in [0.15, 0.2) is 5.84 Å². The number of para-hydroxylation sites is 1. The van der Waals surface area contributed by atoms with E-state index in [9.17, 15) is 0 Å². The summed E-state index contributed by atoms with van der Waals surface area (Å²) in [6.07, 6.45) is 6.26. The standard InChI is InChI=1S/C20H26N4O2/c21-20(23-26-15-7-14-25-18-8-3-1-4-9-18)17-10-11-19(22-16-17)24-12-5-2-6-13-24/h1,3-4,8-11,16H,2,5-7,12-15H2,(H2,21,23). The number of ether oxygens (including phenoxy) is 1. The van der Waals surface area contributed by atoms with E-state index < -0.39 is 0 Å². The zero-order chi connectivity index (χ0) is 18.0. The van der Waals surface area contributed by atoms with E-state index in [1.165, 1.54) is 19.3 Å². The predicted octanol–water partition coefficient (Wildman–Crippen LogP) is 3.18. The summed E-state index contributed by atoms with van der Waals surface area (Å²) in [6, 6.07) is 13.6. The fraction of sp³-hybridized carbons (Fsp3) is 0.400. The van der Waals surface area contributed by atoms with Crippen LogP contribution in [0.15, 0.2) is 53.8 Å². The number of oxime groups is 1. The molecule has 2 N–H and O–H groups in total. The van der Waals surface area contributed by atoms with Crippen LogP contribution in [0, 0.1) is 0 Å². The molecule has 1 aliphatic heterocycles. The minimum Gasteiger partial charge on any atom is -0.493 e. The van der Waals surface area contributed by atoms with Gasteiger partial charge in [0.25, 0.3) is 0 Å². The van der Waals surface area contributed by atoms with Crippen molar-refractivity contribution >= 4 is 11.7 Å². The molecule has 1 aliphatic rings. The van der Waals surface area contributed by atoms with Crippen molar-refractivity contribution in [3.63, 3.8) is 0 Å². The smallest absolute Gasteiger partial charge is 0.171 e. The van der Waals surface area contributed by atoms with Crippen molar-refractivity contribution in [2.75, 3.05) is 31.2 Å². The van der Waals surface area contributed by atoms with Crippen LogP contribution >= 0.6 is 0 Å². The first-order valence-corrected chi connectivity index (χ1v) is 9.17. The third-order valence-electron chi connectivity index (χ3n) is 4.28. The summed E-state index contributed by atoms with van der Waals surface area (Å²) in [6.45, 7) is 3.17. The minimum absolute atomic E-state index is 0.340. The number of amidine groups is 1. The molecule has 0 amide bonds. The molecule has 0 spiro atoms. The molecular formula is C20H26N4O2. The first-order valence-electron chi connectivity index (χ1n) is 9.17. The van der Waals surface area contributed by atoms with Crippen LogP contribution in [0.5, 0.6) is 5.75 Å². The highest BCUT2D eigenvalue weighted by molar-refractivity contribution is 5.96. The van der Waals surface area contributed by atoms with Crippen molar-refractivity contribution < 1.29 is 9.57 Å². The van der Waals surface area contributed by atoms with E-state index in [0.29, 0.717) is 19.0 Å². The third-order valence-corrected chi connectivity index (χ3v) is 4.28. The van der Waals surface area contributed by atoms with Gasteiger partial charge in [0.05, 0.1) is 6.61 Å². The van der Waals surface area contributed by atoms with Crippen molar-refractivity contribution in [2.45, 2.75) is 25.7 Å². The third kappa shape index (κ3) is 5.37. The average molecular weight is 354 g/mol. The number of anilines is 1. The van der Waals surface area contributed by atoms with Gasteiger partial charge in [-0.05, 0) is 43.5 Å². The second kappa shape index (κ2) is 9.65. The molecule has 0 bridgehead atoms. The van der Waals surface area contributed by atoms with Crippen LogP contribution in [0.2, 0.25) is 0 Å². The number of aromatic nitrogens is 1. The molecule has 6 nitrogen and oxygen atoms in total. The van der Waals surface area contributed by atoms with Crippen molar-refractivity contribution in [1.29, 1.82) is 0 Å². The maximum absolute atomic E-state index is 5.97. The molecule has 1 fully saturated rings. The van der Waals surface area contributed by atoms with Gasteiger partial charge in [0.1, 0.15) is 18.2 Å². The monoisotopic (exact) mass is 354 g/mol. The van der Waals surface area contributed by atoms with Gasteiger partial charge in [-0.3, -0.25) is 0 Å². The summed E-state index contributed by atoms with van der Waals surface area (Å²) >= 11 is 0. The van der Waals surface area contributed by atoms with Crippen LogP contribution in [0.1, 0.15) is 31.2 Å². The molecule has 1 aromatic carbocycles. The Bertz CT molecular complexity index is 683. The molecule has 26 heavy (non-hydrogen) atoms. The molecule has 6 heteroatoms. The summed E-state index contributed by atoms with van der Waals surface area (Å²) in [5.74, 6) is 2.20. The normalized spacial score (nSPS) is 14.9. The van der Waals surface area contributed by atoms with E-state index >= 15 is 0 Å². The number of pyridine rings is 1. The fourth-order valence-corrected chi connectivity index (χ4v) is 2.85. The summed E-state index contributed by atoms with van der Waals surface area (Å²) in [7, 11) is 0. The second-order valence-corrected chi connectivity index (χ2v) is 6.28. The first kappa shape index (κ1) is 18.0. The second-order valence-electron chi connectivity index (χ2n) is 6.28. The Morgan fingerprint density at radius 2 is 1.85 bits per heavy atom. The zero-order valence-electron chi connectivity index (χ0n) is 15.0. The van der Waals surface area contributed by atoms with Gasteiger partial charge in [0, 0.05) is 31.3 Å². The molecule has 0 atom stereocenters. The number of nitrogens with zero attached hydrogens (tertiary/aromatic N) is 3. The Balaban J connectivity index is 1.39. The van der Waals surface area contributed by atoms with Gasteiger partial charge >= 0.3 is 0 Å². The molecule has 1 aromatic heterocycles. The van der Waals surface area contributed by atoms with Crippen molar-refractivity contribution in [3.05, 3.63) is 54.2 Å². The maximum atomic E-state index is 5.97. The van der Waals surface area contributed by atoms with E-state index in [-0.39, 0.29) is 0 Å². The Morgan fingerprint density at radius 3 is 2.58 bits per heavy atom. The lowest BCUT2D eigenvalue weighted by molar-refractivity contribution is 0.127. The average Bonchev–Trinajstić information content (AvgIpc) is 2.72. The van der Waals surface area contributed by atoms with Gasteiger partial charge < -0.3 is 20.2 Å². The number of benzene rings is 1. The molecule has 1 saturated heterocycles. The maximum Gasteiger partial charge on any atom is 0.171 e. The number of hydrogen-bond acceptors (Lipinski definition) is 5. The van der Waals surface area contributed by atoms with Crippen molar-refractivity contribution in [2.24, 2.45) is 10.9 Å². The van der Waals surface area contributed by atoms with Crippen molar-refractivity contribution in [1.82, 2.24) is 4.98 Å². The predicted molar refractivity (Wildman–Crippen MR) is 104 cm³/mol. The van der Waals surface area contributed by atoms with E-state index in [2.05, 4.69) is 15.0 Å². The van der Waals surface area contributed by atoms with Crippen LogP contribution in [0.25, 0.3) is 0 Å². The quantitative estimate of drug-likeness (QED) is 0.341. The van der Waals surface area contributed by atoms with Crippen molar-refractivity contribution in [3.8, 4) is 5.75 Å². The van der Waals surface area contributed by atoms with E-state index in [4.69, 9.17) is 15.3 Å². The Kier molecular flexibility index (Phi) is 6.70. The summed E-state index contributed by atoms with van der Waals surface area (Å²) < 4.78 is 5.59. The summed E-state index contributed by atoms with van der Waals surface area (Å²) in [5, 5.41) is 3.97. The highest BCUT2D eigenvalue weighted by Gasteiger charge is 2.12. The van der Waals surface area contributed by atoms with E-state index in [1.807, 2.05) is 42.5 Å². The summed E-state index contributed by atoms with van der Waals surface area (Å²) in [5.41, 5.74) is 6.74. The lowest BCUT2D eigenvalue weighted by Gasteiger charge is -2.27. The van der Waals surface area contributed by atoms with Crippen LogP contribution in [0.4, 0.5) is 5.82 Å². The minimum atomic E-state index is 0.340. The lowest BCUT2D eigenvalue weighted by Crippen LogP contribution is -2.30. The summed E-state index contributed by atoms with van der Waals surface area (Å²) in [4.78, 5) is 12.1. The lowest BCUT2D eigenvalue weighted by atomic mass is 10.1. The van der Waals surface area contributed by atoms with Crippen LogP contribution < -0.4 is 15.4 Å². The highest BCUT2D eigenvalue weighted by Crippen LogP contribution is 2.17. The molecular weight excluding hydrogens is 328 g/mol. The first-order chi connectivity index (χ1) is 12.8. The largest absolute Gasteiger partial charge is 0.493 e. The highest BCUT2D eigenvalue weighted by atomic mass is 16.6. The molecule has 2 heterocycles. The van der Waals surface area contributed by atoms with E-state index in [1.54, 1.807) is 6.20 Å². The molecule has 0 aliphatic carbocycles. The van der Waals surface area contributed by atoms with Gasteiger partial charge in [-0.1, -0.05) is 23.4 Å². The molecule has 0 radical (unpaired) electrons. The molecule has 138 valence electrons. The van der Waals surface area contributed by atoms with Gasteiger partial charge in [-0.25, -0.2) is 4.98 Å². The van der Waals surface area contributed by atoms with Crippen LogP contribution in [-0.4, -0.2) is 37.1 Å². The van der Waals surface area contributed by atoms with E-state index in [0.717, 1.165) is 36.6 Å². The van der Waals surface area contributed by atoms with Gasteiger partial charge in [-0.2, -0.15) is 0 Å². The molecule has 0 unspecified atom stereocenters. The Morgan fingerprint density at radius 1 is 1.04 bits per heavy atom. The number of hydrogen-bond donors (Lipinski definition) is 1. The molecule has 3 rings (SSSR count). The zero-order valence-corrected chi connectivity index (χ0v) is 15.0. The van der Waals surface area contributed by atoms with Crippen LogP contribution in [-0.2, 0) is 4.84 Å². The van der Waals surface area contributed by atoms with Gasteiger partial charge in [0.2, 0.25) is 0 Å². The SMILES string of the molecule is N/C(=N/OCCCOc1ccccc1)c1ccc(N2CCCCC2)nc1. The number of piperidine rings is 1. The molecule has 2 aromatic rings. The molecule has 0 saturated carbocycles. The van der Waals surface area contributed by atoms with Gasteiger partial charge in [-0.15, -0.1) is 0 Å². The number of nitrogens with two attached hydrogens (primary N) is 1. The Hall–Kier alpha value is -2.76. The number of rotatable bonds is 8. The Labute approximate surface area is 154 Å².